The van der Waals surface area contributed by atoms with Crippen LogP contribution in [0.25, 0.3) is 0 Å². The molecule has 5 nitrogen and oxygen atoms in total. The molecule has 2 aromatic rings. The largest absolute Gasteiger partial charge is 0.508 e. The Hall–Kier alpha value is -2.34. The normalized spacial score (nSPS) is 10.2. The Morgan fingerprint density at radius 1 is 1.24 bits per heavy atom. The molecule has 0 aliphatic carbocycles. The lowest BCUT2D eigenvalue weighted by Crippen LogP contribution is -2.14. The smallest absolute Gasteiger partial charge is 0.350 e. The van der Waals surface area contributed by atoms with Crippen molar-refractivity contribution in [2.45, 2.75) is 13.8 Å². The summed E-state index contributed by atoms with van der Waals surface area (Å²) in [6.45, 7) is 3.54. The van der Waals surface area contributed by atoms with Crippen molar-refractivity contribution in [2.75, 3.05) is 12.4 Å². The van der Waals surface area contributed by atoms with Crippen molar-refractivity contribution in [1.82, 2.24) is 0 Å². The second kappa shape index (κ2) is 5.97. The average Bonchev–Trinajstić information content (AvgIpc) is 2.82. The number of rotatable bonds is 3. The van der Waals surface area contributed by atoms with Crippen molar-refractivity contribution < 1.29 is 19.4 Å². The minimum absolute atomic E-state index is 0.0536. The van der Waals surface area contributed by atoms with Gasteiger partial charge in [-0.05, 0) is 42.5 Å². The Bertz CT molecular complexity index is 706. The Morgan fingerprint density at radius 3 is 2.57 bits per heavy atom. The monoisotopic (exact) mass is 305 g/mol. The zero-order valence-corrected chi connectivity index (χ0v) is 12.7. The van der Waals surface area contributed by atoms with E-state index in [2.05, 4.69) is 5.32 Å². The number of thiophene rings is 1. The summed E-state index contributed by atoms with van der Waals surface area (Å²) >= 11 is 1.21. The number of methoxy groups -OCH3 is 1. The molecule has 0 saturated carbocycles. The van der Waals surface area contributed by atoms with Crippen LogP contribution in [0.1, 0.15) is 31.2 Å². The zero-order chi connectivity index (χ0) is 15.6. The summed E-state index contributed by atoms with van der Waals surface area (Å²) in [5.41, 5.74) is 2.23. The molecule has 21 heavy (non-hydrogen) atoms. The van der Waals surface area contributed by atoms with Crippen LogP contribution in [0.3, 0.4) is 0 Å². The lowest BCUT2D eigenvalue weighted by Gasteiger charge is -2.08. The summed E-state index contributed by atoms with van der Waals surface area (Å²) in [5.74, 6) is -0.829. The molecule has 1 heterocycles. The van der Waals surface area contributed by atoms with Crippen LogP contribution >= 0.6 is 11.3 Å². The van der Waals surface area contributed by atoms with E-state index in [9.17, 15) is 14.7 Å². The number of esters is 1. The third-order valence-electron chi connectivity index (χ3n) is 3.06. The van der Waals surface area contributed by atoms with E-state index in [1.165, 1.54) is 24.5 Å². The first kappa shape index (κ1) is 15.1. The summed E-state index contributed by atoms with van der Waals surface area (Å²) in [6, 6.07) is 4.67. The van der Waals surface area contributed by atoms with Crippen LogP contribution in [0.15, 0.2) is 23.6 Å². The van der Waals surface area contributed by atoms with Gasteiger partial charge < -0.3 is 15.2 Å². The van der Waals surface area contributed by atoms with Crippen LogP contribution in [-0.4, -0.2) is 24.1 Å². The number of hydrogen-bond acceptors (Lipinski definition) is 5. The summed E-state index contributed by atoms with van der Waals surface area (Å²) in [7, 11) is 1.29. The van der Waals surface area contributed by atoms with E-state index in [0.717, 1.165) is 5.56 Å². The Kier molecular flexibility index (Phi) is 4.28. The predicted molar refractivity (Wildman–Crippen MR) is 81.2 cm³/mol. The molecular weight excluding hydrogens is 290 g/mol. The molecule has 0 atom stereocenters. The number of aromatic hydroxyl groups is 1. The number of anilines is 1. The topological polar surface area (TPSA) is 75.6 Å². The van der Waals surface area contributed by atoms with E-state index in [1.807, 2.05) is 0 Å². The molecule has 110 valence electrons. The molecule has 0 spiro atoms. The van der Waals surface area contributed by atoms with Crippen molar-refractivity contribution in [3.63, 3.8) is 0 Å². The molecule has 0 radical (unpaired) electrons. The van der Waals surface area contributed by atoms with Gasteiger partial charge in [0.2, 0.25) is 0 Å². The van der Waals surface area contributed by atoms with Gasteiger partial charge in [0.15, 0.2) is 0 Å². The quantitative estimate of drug-likeness (QED) is 0.854. The van der Waals surface area contributed by atoms with Crippen molar-refractivity contribution in [3.05, 3.63) is 45.1 Å². The number of hydrogen-bond donors (Lipinski definition) is 2. The van der Waals surface area contributed by atoms with Crippen LogP contribution in [0.5, 0.6) is 5.75 Å². The molecule has 0 aliphatic heterocycles. The van der Waals surface area contributed by atoms with Crippen molar-refractivity contribution in [1.29, 1.82) is 0 Å². The lowest BCUT2D eigenvalue weighted by molar-refractivity contribution is 0.0607. The second-order valence-corrected chi connectivity index (χ2v) is 5.45. The number of phenolic OH excluding ortho intramolecular Hbond substituents is 1. The molecule has 2 N–H and O–H groups in total. The van der Waals surface area contributed by atoms with Gasteiger partial charge in [-0.2, -0.15) is 0 Å². The molecule has 0 saturated heterocycles. The molecule has 2 rings (SSSR count). The number of ether oxygens (including phenoxy) is 1. The van der Waals surface area contributed by atoms with Crippen LogP contribution in [0.4, 0.5) is 5.69 Å². The van der Waals surface area contributed by atoms with Gasteiger partial charge in [-0.15, -0.1) is 11.3 Å². The highest BCUT2D eigenvalue weighted by Gasteiger charge is 2.19. The van der Waals surface area contributed by atoms with E-state index in [-0.39, 0.29) is 5.75 Å². The number of carbonyl (C=O) groups excluding carboxylic acids is 2. The molecule has 6 heteroatoms. The van der Waals surface area contributed by atoms with Crippen LogP contribution in [0.2, 0.25) is 0 Å². The standard InChI is InChI=1S/C15H15NO4S/c1-8-4-5-10(6-11(8)17)14(18)16-12-9(2)7-21-13(12)15(19)20-3/h4-7,17H,1-3H3,(H,16,18). The molecule has 0 bridgehead atoms. The number of amides is 1. The maximum Gasteiger partial charge on any atom is 0.350 e. The zero-order valence-electron chi connectivity index (χ0n) is 11.9. The van der Waals surface area contributed by atoms with E-state index in [0.29, 0.717) is 21.7 Å². The fraction of sp³-hybridized carbons (Fsp3) is 0.200. The maximum atomic E-state index is 12.2. The first-order chi connectivity index (χ1) is 9.93. The van der Waals surface area contributed by atoms with Crippen LogP contribution in [-0.2, 0) is 4.74 Å². The number of phenols is 1. The average molecular weight is 305 g/mol. The molecule has 1 amide bonds. The van der Waals surface area contributed by atoms with Crippen LogP contribution < -0.4 is 5.32 Å². The van der Waals surface area contributed by atoms with Gasteiger partial charge >= 0.3 is 5.97 Å². The van der Waals surface area contributed by atoms with E-state index >= 15 is 0 Å². The third-order valence-corrected chi connectivity index (χ3v) is 4.13. The first-order valence-corrected chi connectivity index (χ1v) is 7.09. The summed E-state index contributed by atoms with van der Waals surface area (Å²) in [6.07, 6.45) is 0. The van der Waals surface area contributed by atoms with Crippen molar-refractivity contribution in [2.24, 2.45) is 0 Å². The lowest BCUT2D eigenvalue weighted by atomic mass is 10.1. The molecule has 0 aliphatic rings. The Morgan fingerprint density at radius 2 is 1.95 bits per heavy atom. The van der Waals surface area contributed by atoms with Gasteiger partial charge in [0.1, 0.15) is 10.6 Å². The van der Waals surface area contributed by atoms with Gasteiger partial charge in [0.05, 0.1) is 12.8 Å². The van der Waals surface area contributed by atoms with Crippen LogP contribution in [0, 0.1) is 13.8 Å². The second-order valence-electron chi connectivity index (χ2n) is 4.57. The highest BCUT2D eigenvalue weighted by atomic mass is 32.1. The van der Waals surface area contributed by atoms with Gasteiger partial charge in [-0.1, -0.05) is 6.07 Å². The summed E-state index contributed by atoms with van der Waals surface area (Å²) < 4.78 is 4.69. The first-order valence-electron chi connectivity index (χ1n) is 6.21. The highest BCUT2D eigenvalue weighted by molar-refractivity contribution is 7.12. The summed E-state index contributed by atoms with van der Waals surface area (Å²) in [5, 5.41) is 14.1. The Balaban J connectivity index is 2.29. The predicted octanol–water partition coefficient (Wildman–Crippen LogP) is 3.11. The fourth-order valence-corrected chi connectivity index (χ4v) is 2.70. The number of nitrogens with one attached hydrogen (secondary N) is 1. The van der Waals surface area contributed by atoms with Gasteiger partial charge in [0.25, 0.3) is 5.91 Å². The highest BCUT2D eigenvalue weighted by Crippen LogP contribution is 2.29. The third kappa shape index (κ3) is 3.05. The van der Waals surface area contributed by atoms with E-state index in [1.54, 1.807) is 31.4 Å². The van der Waals surface area contributed by atoms with Crippen molar-refractivity contribution >= 4 is 28.9 Å². The molecule has 0 fully saturated rings. The molecule has 0 unspecified atom stereocenters. The molecule has 1 aromatic heterocycles. The fourth-order valence-electron chi connectivity index (χ4n) is 1.78. The SMILES string of the molecule is COC(=O)c1scc(C)c1NC(=O)c1ccc(C)c(O)c1. The minimum Gasteiger partial charge on any atom is -0.508 e. The number of aryl methyl sites for hydroxylation is 2. The van der Waals surface area contributed by atoms with Crippen molar-refractivity contribution in [3.8, 4) is 5.75 Å². The van der Waals surface area contributed by atoms with Gasteiger partial charge in [0, 0.05) is 5.56 Å². The van der Waals surface area contributed by atoms with E-state index < -0.39 is 11.9 Å². The van der Waals surface area contributed by atoms with Gasteiger partial charge in [-0.25, -0.2) is 4.79 Å². The maximum absolute atomic E-state index is 12.2. The Labute approximate surface area is 126 Å². The van der Waals surface area contributed by atoms with Gasteiger partial charge in [-0.3, -0.25) is 4.79 Å². The number of carbonyl (C=O) groups is 2. The molecular formula is C15H15NO4S. The minimum atomic E-state index is -0.491. The molecule has 1 aromatic carbocycles. The van der Waals surface area contributed by atoms with E-state index in [4.69, 9.17) is 4.74 Å². The summed E-state index contributed by atoms with van der Waals surface area (Å²) in [4.78, 5) is 24.2. The number of benzene rings is 1.